The van der Waals surface area contributed by atoms with E-state index in [1.54, 1.807) is 11.0 Å². The summed E-state index contributed by atoms with van der Waals surface area (Å²) in [6, 6.07) is 7.66. The maximum Gasteiger partial charge on any atom is 0.409 e. The smallest absolute Gasteiger partial charge is 0.409 e. The fourth-order valence-corrected chi connectivity index (χ4v) is 4.63. The van der Waals surface area contributed by atoms with E-state index >= 15 is 0 Å². The number of benzene rings is 1. The molecule has 30 heavy (non-hydrogen) atoms. The molecule has 0 bridgehead atoms. The Bertz CT molecular complexity index is 865. The number of aromatic hydroxyl groups is 1. The number of aromatic nitrogens is 1. The summed E-state index contributed by atoms with van der Waals surface area (Å²) in [5.41, 5.74) is 4.34. The summed E-state index contributed by atoms with van der Waals surface area (Å²) in [6.07, 6.45) is 7.52. The third-order valence-electron chi connectivity index (χ3n) is 5.60. The second-order valence-electron chi connectivity index (χ2n) is 7.28. The topological polar surface area (TPSA) is 62.7 Å². The Balaban J connectivity index is 0.00000124. The number of rotatable bonds is 2. The molecule has 1 fully saturated rings. The van der Waals surface area contributed by atoms with Gasteiger partial charge in [0.05, 0.1) is 12.3 Å². The summed E-state index contributed by atoms with van der Waals surface area (Å²) in [5, 5.41) is 9.97. The fourth-order valence-electron chi connectivity index (χ4n) is 4.28. The fraction of sp³-hybridized carbons (Fsp3) is 0.417. The van der Waals surface area contributed by atoms with Crippen LogP contribution in [-0.2, 0) is 4.74 Å². The molecule has 1 aliphatic heterocycles. The van der Waals surface area contributed by atoms with Gasteiger partial charge in [0.25, 0.3) is 0 Å². The van der Waals surface area contributed by atoms with Crippen LogP contribution in [-0.4, -0.2) is 40.8 Å². The van der Waals surface area contributed by atoms with Gasteiger partial charge < -0.3 is 14.7 Å². The molecule has 2 heterocycles. The number of pyridine rings is 1. The van der Waals surface area contributed by atoms with Gasteiger partial charge in [0.1, 0.15) is 5.75 Å². The van der Waals surface area contributed by atoms with Crippen molar-refractivity contribution in [1.29, 1.82) is 0 Å². The van der Waals surface area contributed by atoms with Gasteiger partial charge in [0, 0.05) is 29.7 Å². The Morgan fingerprint density at radius 3 is 2.60 bits per heavy atom. The minimum absolute atomic E-state index is 0.123. The average molecular weight is 473 g/mol. The van der Waals surface area contributed by atoms with Crippen LogP contribution in [0.3, 0.4) is 0 Å². The van der Waals surface area contributed by atoms with Gasteiger partial charge in [-0.15, -0.1) is 0 Å². The van der Waals surface area contributed by atoms with Crippen LogP contribution in [0.4, 0.5) is 4.79 Å². The lowest BCUT2D eigenvalue weighted by atomic mass is 9.76. The zero-order valence-corrected chi connectivity index (χ0v) is 19.4. The maximum atomic E-state index is 12.1. The van der Waals surface area contributed by atoms with Crippen LogP contribution in [0, 0.1) is 5.92 Å². The number of phenolic OH excluding ortho intramolecular Hbond substituents is 1. The number of carbonyl (C=O) groups excluding carboxylic acids is 1. The summed E-state index contributed by atoms with van der Waals surface area (Å²) in [6.45, 7) is 7.60. The van der Waals surface area contributed by atoms with Crippen LogP contribution in [0.25, 0.3) is 12.2 Å². The van der Waals surface area contributed by atoms with Crippen LogP contribution in [0.2, 0.25) is 0 Å². The molecule has 0 radical (unpaired) electrons. The first kappa shape index (κ1) is 22.3. The van der Waals surface area contributed by atoms with Gasteiger partial charge in [-0.05, 0) is 76.5 Å². The molecule has 2 aliphatic rings. The first-order valence-corrected chi connectivity index (χ1v) is 11.4. The molecule has 1 atom stereocenters. The van der Waals surface area contributed by atoms with E-state index in [1.807, 2.05) is 39.1 Å². The van der Waals surface area contributed by atoms with Crippen LogP contribution in [0.15, 0.2) is 34.9 Å². The van der Waals surface area contributed by atoms with Gasteiger partial charge >= 0.3 is 6.09 Å². The average Bonchev–Trinajstić information content (AvgIpc) is 2.91. The van der Waals surface area contributed by atoms with Crippen molar-refractivity contribution in [2.24, 2.45) is 5.92 Å². The highest BCUT2D eigenvalue weighted by atomic mass is 79.9. The molecule has 1 unspecified atom stereocenters. The van der Waals surface area contributed by atoms with E-state index in [2.05, 4.69) is 34.1 Å². The Morgan fingerprint density at radius 1 is 1.20 bits per heavy atom. The molecule has 1 aromatic heterocycles. The molecule has 1 amide bonds. The van der Waals surface area contributed by atoms with Crippen molar-refractivity contribution in [2.45, 2.75) is 39.5 Å². The number of ether oxygens (including phenoxy) is 1. The highest BCUT2D eigenvalue weighted by Gasteiger charge is 2.34. The Labute approximate surface area is 186 Å². The van der Waals surface area contributed by atoms with E-state index in [1.165, 1.54) is 5.56 Å². The van der Waals surface area contributed by atoms with E-state index in [0.29, 0.717) is 25.6 Å². The minimum atomic E-state index is -0.226. The first-order valence-electron chi connectivity index (χ1n) is 10.6. The standard InChI is InChI=1S/C22H23BrN2O3.C2H6/c1-2-28-22(27)25-9-7-14(8-10-25)20-19-6-5-18(26)12-15(19)3-4-16-11-17(23)13-24-21(16)20;1-2/h3-6,11-14,20,26H,2,7-10H2,1H3;1-2H3. The van der Waals surface area contributed by atoms with Crippen molar-refractivity contribution in [3.05, 3.63) is 57.3 Å². The maximum absolute atomic E-state index is 12.1. The van der Waals surface area contributed by atoms with Gasteiger partial charge in [-0.25, -0.2) is 4.79 Å². The van der Waals surface area contributed by atoms with E-state index in [-0.39, 0.29) is 17.8 Å². The van der Waals surface area contributed by atoms with E-state index < -0.39 is 0 Å². The largest absolute Gasteiger partial charge is 0.508 e. The Hall–Kier alpha value is -2.34. The van der Waals surface area contributed by atoms with Crippen molar-refractivity contribution >= 4 is 34.2 Å². The predicted molar refractivity (Wildman–Crippen MR) is 123 cm³/mol. The zero-order valence-electron chi connectivity index (χ0n) is 17.8. The lowest BCUT2D eigenvalue weighted by Gasteiger charge is -2.36. The molecule has 1 N–H and O–H groups in total. The summed E-state index contributed by atoms with van der Waals surface area (Å²) in [7, 11) is 0. The van der Waals surface area contributed by atoms with Crippen LogP contribution < -0.4 is 0 Å². The molecular formula is C24H29BrN2O3. The van der Waals surface area contributed by atoms with Gasteiger partial charge in [-0.3, -0.25) is 4.98 Å². The number of nitrogens with zero attached hydrogens (tertiary/aromatic N) is 2. The number of phenols is 1. The van der Waals surface area contributed by atoms with Gasteiger partial charge in [0.15, 0.2) is 0 Å². The van der Waals surface area contributed by atoms with Crippen LogP contribution in [0.5, 0.6) is 5.75 Å². The molecule has 0 spiro atoms. The first-order chi connectivity index (χ1) is 14.6. The van der Waals surface area contributed by atoms with E-state index in [9.17, 15) is 9.90 Å². The monoisotopic (exact) mass is 472 g/mol. The molecule has 2 aromatic rings. The number of amides is 1. The molecule has 5 nitrogen and oxygen atoms in total. The highest BCUT2D eigenvalue weighted by molar-refractivity contribution is 9.10. The molecular weight excluding hydrogens is 444 g/mol. The highest BCUT2D eigenvalue weighted by Crippen LogP contribution is 2.43. The van der Waals surface area contributed by atoms with Crippen LogP contribution in [0.1, 0.15) is 61.9 Å². The molecule has 1 aromatic carbocycles. The zero-order chi connectivity index (χ0) is 21.7. The van der Waals surface area contributed by atoms with E-state index in [0.717, 1.165) is 34.1 Å². The third-order valence-corrected chi connectivity index (χ3v) is 6.03. The van der Waals surface area contributed by atoms with Crippen molar-refractivity contribution in [3.63, 3.8) is 0 Å². The number of hydrogen-bond acceptors (Lipinski definition) is 4. The SMILES string of the molecule is CC.CCOC(=O)N1CCC(C2c3ccc(O)cc3C=Cc3cc(Br)cnc32)CC1. The second kappa shape index (κ2) is 10.1. The Morgan fingerprint density at radius 2 is 1.90 bits per heavy atom. The van der Waals surface area contributed by atoms with Crippen molar-refractivity contribution in [3.8, 4) is 5.75 Å². The Kier molecular flexibility index (Phi) is 7.53. The number of hydrogen-bond donors (Lipinski definition) is 1. The molecule has 0 saturated carbocycles. The quantitative estimate of drug-likeness (QED) is 0.576. The third kappa shape index (κ3) is 4.69. The van der Waals surface area contributed by atoms with Crippen LogP contribution >= 0.6 is 15.9 Å². The van der Waals surface area contributed by atoms with Crippen molar-refractivity contribution < 1.29 is 14.6 Å². The summed E-state index contributed by atoms with van der Waals surface area (Å²) < 4.78 is 6.10. The van der Waals surface area contributed by atoms with Gasteiger partial charge in [0.2, 0.25) is 0 Å². The summed E-state index contributed by atoms with van der Waals surface area (Å²) in [5.74, 6) is 0.749. The number of piperidine rings is 1. The molecule has 6 heteroatoms. The lowest BCUT2D eigenvalue weighted by molar-refractivity contribution is 0.0900. The van der Waals surface area contributed by atoms with Gasteiger partial charge in [-0.2, -0.15) is 0 Å². The number of likely N-dealkylation sites (tertiary alicyclic amines) is 1. The van der Waals surface area contributed by atoms with Gasteiger partial charge in [-0.1, -0.05) is 32.1 Å². The molecule has 4 rings (SSSR count). The molecule has 1 aliphatic carbocycles. The lowest BCUT2D eigenvalue weighted by Crippen LogP contribution is -2.40. The normalized spacial score (nSPS) is 17.9. The van der Waals surface area contributed by atoms with E-state index in [4.69, 9.17) is 9.72 Å². The minimum Gasteiger partial charge on any atom is -0.508 e. The number of halogens is 1. The predicted octanol–water partition coefficient (Wildman–Crippen LogP) is 6.06. The number of fused-ring (bicyclic) bond motifs is 2. The molecule has 160 valence electrons. The second-order valence-corrected chi connectivity index (χ2v) is 8.19. The van der Waals surface area contributed by atoms with Crippen molar-refractivity contribution in [1.82, 2.24) is 9.88 Å². The number of carbonyl (C=O) groups is 1. The van der Waals surface area contributed by atoms with Crippen molar-refractivity contribution in [2.75, 3.05) is 19.7 Å². The molecule has 1 saturated heterocycles. The summed E-state index contributed by atoms with van der Waals surface area (Å²) >= 11 is 3.52. The summed E-state index contributed by atoms with van der Waals surface area (Å²) in [4.78, 5) is 18.6.